The minimum atomic E-state index is -0.231. The maximum absolute atomic E-state index is 12.3. The van der Waals surface area contributed by atoms with E-state index in [1.54, 1.807) is 0 Å². The molecule has 15 heteroatoms. The van der Waals surface area contributed by atoms with Gasteiger partial charge in [-0.15, -0.1) is 39.3 Å². The van der Waals surface area contributed by atoms with Gasteiger partial charge in [0.05, 0.1) is 35.2 Å². The number of aliphatic imine (C=N–C) groups is 2. The Morgan fingerprint density at radius 3 is 1.09 bits per heavy atom. The summed E-state index contributed by atoms with van der Waals surface area (Å²) < 4.78 is 10.5. The van der Waals surface area contributed by atoms with E-state index in [0.717, 1.165) is 26.2 Å². The number of ether oxygens (including phenoxy) is 2. The largest absolute Gasteiger partial charge is 6.00 e. The molecule has 6 aliphatic rings. The maximum atomic E-state index is 12.3. The van der Waals surface area contributed by atoms with E-state index >= 15 is 0 Å². The van der Waals surface area contributed by atoms with Crippen LogP contribution in [0.1, 0.15) is 103 Å². The van der Waals surface area contributed by atoms with E-state index in [0.29, 0.717) is 76.0 Å². The van der Waals surface area contributed by atoms with Crippen LogP contribution in [-0.2, 0) is 38.5 Å². The van der Waals surface area contributed by atoms with Crippen molar-refractivity contribution in [1.29, 1.82) is 0 Å². The second-order valence-corrected chi connectivity index (χ2v) is 14.9. The van der Waals surface area contributed by atoms with E-state index in [1.165, 1.54) is 77.0 Å². The zero-order valence-corrected chi connectivity index (χ0v) is 34.8. The van der Waals surface area contributed by atoms with Crippen LogP contribution in [0.25, 0.3) is 31.9 Å². The average molecular weight is 858 g/mol. The predicted molar refractivity (Wildman–Crippen MR) is 215 cm³/mol. The van der Waals surface area contributed by atoms with Crippen LogP contribution in [0.4, 0.5) is 0 Å². The monoisotopic (exact) mass is 858 g/mol. The molecule has 6 heterocycles. The van der Waals surface area contributed by atoms with Gasteiger partial charge in [0.15, 0.2) is 0 Å². The Labute approximate surface area is 341 Å². The number of nitrogens with zero attached hydrogens (tertiary/aromatic N) is 8. The second-order valence-electron chi connectivity index (χ2n) is 14.5. The Bertz CT molecular complexity index is 1010. The van der Waals surface area contributed by atoms with Crippen LogP contribution in [0, 0.1) is 11.8 Å². The first-order valence-corrected chi connectivity index (χ1v) is 20.8. The van der Waals surface area contributed by atoms with E-state index in [-0.39, 0.29) is 68.5 Å². The fourth-order valence-electron chi connectivity index (χ4n) is 7.97. The van der Waals surface area contributed by atoms with Gasteiger partial charge in [-0.05, 0) is 24.4 Å². The molecular formula is C38H60N8O4RuS2. The summed E-state index contributed by atoms with van der Waals surface area (Å²) in [5, 5.41) is 32.4. The number of thiocarbonyl (C=S) groups is 2. The summed E-state index contributed by atoms with van der Waals surface area (Å²) in [5.41, 5.74) is 0. The molecule has 0 amide bonds. The molecule has 0 bridgehead atoms. The number of rotatable bonds is 11. The van der Waals surface area contributed by atoms with Crippen LogP contribution in [0.2, 0.25) is 0 Å². The Morgan fingerprint density at radius 2 is 0.811 bits per heavy atom. The van der Waals surface area contributed by atoms with Gasteiger partial charge in [-0.3, -0.25) is 9.59 Å². The van der Waals surface area contributed by atoms with E-state index in [2.05, 4.69) is 76.6 Å². The van der Waals surface area contributed by atoms with Crippen molar-refractivity contribution in [1.82, 2.24) is 0 Å². The molecule has 6 aliphatic heterocycles. The molecular weight excluding hydrogens is 798 g/mol. The zero-order valence-electron chi connectivity index (χ0n) is 31.4. The standard InChI is InChI=1S/C18H24N4O4S2.2C10H18N2.Ru/c23-17(25-7-5-19-11-27)13-1-3-21-15(9-13)16-10-14(2-4-22-16)18(24)26-8-6-20-12-28;2*1-3-7-11-9(5-1)10-6-2-4-8-12-10;/h13-16H,1-10H2;2*9-10H,1-8H2;/q3*-2;+6. The summed E-state index contributed by atoms with van der Waals surface area (Å²) >= 11 is 8.96. The zero-order chi connectivity index (χ0) is 36.6. The molecule has 6 fully saturated rings. The van der Waals surface area contributed by atoms with Gasteiger partial charge in [0.25, 0.3) is 0 Å². The molecule has 0 radical (unpaired) electrons. The number of carbonyl (C=O) groups excluding carboxylic acids is 2. The molecule has 0 spiro atoms. The Hall–Kier alpha value is -1.08. The number of hydrogen-bond acceptors (Lipinski definition) is 8. The number of esters is 2. The first-order valence-electron chi connectivity index (χ1n) is 20.0. The molecule has 12 nitrogen and oxygen atoms in total. The first kappa shape index (κ1) is 46.3. The van der Waals surface area contributed by atoms with Crippen LogP contribution < -0.4 is 0 Å². The SMILES string of the molecule is C1CCC(C2CCCC[N-]2)[N-]C1.C1CCC(C2CCCC[N-]2)[N-]C1.O=C(OCCN=C=S)C1CC[N-]C(C2CC(C(=O)OCCN=C=S)CC[N-]2)C1.[Ru+6]. The quantitative estimate of drug-likeness (QED) is 0.0668. The van der Waals surface area contributed by atoms with Crippen molar-refractivity contribution < 1.29 is 38.5 Å². The third kappa shape index (κ3) is 17.7. The minimum Gasteiger partial charge on any atom is -0.661 e. The summed E-state index contributed by atoms with van der Waals surface area (Å²) in [6.07, 6.45) is 18.5. The van der Waals surface area contributed by atoms with Gasteiger partial charge < -0.3 is 41.4 Å². The molecule has 6 rings (SSSR count). The van der Waals surface area contributed by atoms with Gasteiger partial charge in [-0.25, -0.2) is 9.98 Å². The van der Waals surface area contributed by atoms with E-state index < -0.39 is 0 Å². The number of hydrogen-bond donors (Lipinski definition) is 0. The Balaban J connectivity index is 0.000000247. The van der Waals surface area contributed by atoms with Crippen molar-refractivity contribution in [3.63, 3.8) is 0 Å². The summed E-state index contributed by atoms with van der Waals surface area (Å²) in [6.45, 7) is 6.63. The van der Waals surface area contributed by atoms with E-state index in [9.17, 15) is 9.59 Å². The van der Waals surface area contributed by atoms with Crippen LogP contribution in [-0.4, -0.2) is 124 Å². The Morgan fingerprint density at radius 1 is 0.491 bits per heavy atom. The second kappa shape index (κ2) is 28.3. The van der Waals surface area contributed by atoms with Crippen molar-refractivity contribution in [3.05, 3.63) is 31.9 Å². The summed E-state index contributed by atoms with van der Waals surface area (Å²) in [6, 6.07) is 2.25. The fraction of sp³-hybridized carbons (Fsp3) is 0.895. The molecule has 0 N–H and O–H groups in total. The van der Waals surface area contributed by atoms with E-state index in [4.69, 9.17) is 9.47 Å². The van der Waals surface area contributed by atoms with Crippen LogP contribution >= 0.6 is 24.4 Å². The van der Waals surface area contributed by atoms with Crippen molar-refractivity contribution in [2.45, 2.75) is 139 Å². The van der Waals surface area contributed by atoms with Gasteiger partial charge in [0.2, 0.25) is 0 Å². The number of carbonyl (C=O) groups is 2. The van der Waals surface area contributed by atoms with E-state index in [1.807, 2.05) is 0 Å². The smallest absolute Gasteiger partial charge is 0.661 e. The van der Waals surface area contributed by atoms with Gasteiger partial charge >= 0.3 is 31.4 Å². The van der Waals surface area contributed by atoms with Crippen LogP contribution in [0.15, 0.2) is 9.98 Å². The first-order chi connectivity index (χ1) is 25.6. The molecule has 0 aromatic heterocycles. The summed E-state index contributed by atoms with van der Waals surface area (Å²) in [5.74, 6) is -0.862. The minimum absolute atomic E-state index is 0. The van der Waals surface area contributed by atoms with Gasteiger partial charge in [-0.2, -0.15) is 36.3 Å². The van der Waals surface area contributed by atoms with Crippen LogP contribution in [0.5, 0.6) is 0 Å². The molecule has 0 aromatic carbocycles. The third-order valence-electron chi connectivity index (χ3n) is 10.8. The van der Waals surface area contributed by atoms with Gasteiger partial charge in [0, 0.05) is 0 Å². The topological polar surface area (TPSA) is 162 Å². The Kier molecular flexibility index (Phi) is 24.8. The molecule has 0 aliphatic carbocycles. The molecule has 6 saturated heterocycles. The van der Waals surface area contributed by atoms with Crippen molar-refractivity contribution >= 4 is 46.7 Å². The maximum Gasteiger partial charge on any atom is 6.00 e. The fourth-order valence-corrected chi connectivity index (χ4v) is 8.15. The molecule has 0 aromatic rings. The molecule has 0 saturated carbocycles. The summed E-state index contributed by atoms with van der Waals surface area (Å²) in [7, 11) is 0. The third-order valence-corrected chi connectivity index (χ3v) is 11.1. The number of piperidine rings is 6. The van der Waals surface area contributed by atoms with Crippen molar-refractivity contribution in [2.75, 3.05) is 65.6 Å². The van der Waals surface area contributed by atoms with Crippen LogP contribution in [0.3, 0.4) is 0 Å². The van der Waals surface area contributed by atoms with Gasteiger partial charge in [0.1, 0.15) is 13.2 Å². The number of isothiocyanates is 2. The molecule has 53 heavy (non-hydrogen) atoms. The molecule has 8 unspecified atom stereocenters. The van der Waals surface area contributed by atoms with Crippen molar-refractivity contribution in [3.8, 4) is 0 Å². The normalized spacial score (nSPS) is 31.5. The molecule has 8 atom stereocenters. The average Bonchev–Trinajstić information content (AvgIpc) is 3.23. The van der Waals surface area contributed by atoms with Gasteiger partial charge in [-0.1, -0.05) is 103 Å². The van der Waals surface area contributed by atoms with Crippen molar-refractivity contribution in [2.24, 2.45) is 21.8 Å². The predicted octanol–water partition coefficient (Wildman–Crippen LogP) is 8.26. The summed E-state index contributed by atoms with van der Waals surface area (Å²) in [4.78, 5) is 32.0. The molecule has 296 valence electrons.